The molecule has 0 saturated carbocycles. The number of nitrogens with one attached hydrogen (secondary N) is 1. The SMILES string of the molecule is CCOCc1ccc(CNC(=O)[C@H](C)Oc2ccc(F)cc2Br)cc1. The summed E-state index contributed by atoms with van der Waals surface area (Å²) < 4.78 is 24.5. The Morgan fingerprint density at radius 1 is 1.20 bits per heavy atom. The Hall–Kier alpha value is -1.92. The summed E-state index contributed by atoms with van der Waals surface area (Å²) in [5.74, 6) is -0.192. The van der Waals surface area contributed by atoms with Crippen molar-refractivity contribution in [2.45, 2.75) is 33.1 Å². The molecule has 0 heterocycles. The van der Waals surface area contributed by atoms with Gasteiger partial charge in [-0.05, 0) is 59.1 Å². The first-order valence-corrected chi connectivity index (χ1v) is 8.84. The Bertz CT molecular complexity index is 706. The van der Waals surface area contributed by atoms with E-state index >= 15 is 0 Å². The molecule has 2 rings (SSSR count). The largest absolute Gasteiger partial charge is 0.480 e. The molecule has 0 aliphatic carbocycles. The molecule has 0 bridgehead atoms. The molecular formula is C19H21BrFNO3. The summed E-state index contributed by atoms with van der Waals surface area (Å²) in [6.07, 6.45) is -0.695. The van der Waals surface area contributed by atoms with Crippen LogP contribution in [0.1, 0.15) is 25.0 Å². The van der Waals surface area contributed by atoms with Crippen LogP contribution in [0.4, 0.5) is 4.39 Å². The van der Waals surface area contributed by atoms with Gasteiger partial charge in [-0.2, -0.15) is 0 Å². The smallest absolute Gasteiger partial charge is 0.261 e. The number of ether oxygens (including phenoxy) is 2. The second kappa shape index (κ2) is 9.53. The molecule has 0 aliphatic rings. The van der Waals surface area contributed by atoms with Gasteiger partial charge in [0.1, 0.15) is 11.6 Å². The van der Waals surface area contributed by atoms with Crippen molar-refractivity contribution >= 4 is 21.8 Å². The fourth-order valence-corrected chi connectivity index (χ4v) is 2.57. The van der Waals surface area contributed by atoms with Gasteiger partial charge in [-0.1, -0.05) is 24.3 Å². The molecule has 0 unspecified atom stereocenters. The highest BCUT2D eigenvalue weighted by atomic mass is 79.9. The predicted molar refractivity (Wildman–Crippen MR) is 97.8 cm³/mol. The van der Waals surface area contributed by atoms with E-state index in [1.165, 1.54) is 18.2 Å². The molecule has 0 fully saturated rings. The number of carbonyl (C=O) groups is 1. The summed E-state index contributed by atoms with van der Waals surface area (Å²) in [5, 5.41) is 2.83. The number of hydrogen-bond acceptors (Lipinski definition) is 3. The Morgan fingerprint density at radius 3 is 2.52 bits per heavy atom. The van der Waals surface area contributed by atoms with Crippen molar-refractivity contribution in [3.63, 3.8) is 0 Å². The van der Waals surface area contributed by atoms with Gasteiger partial charge in [-0.15, -0.1) is 0 Å². The van der Waals surface area contributed by atoms with E-state index < -0.39 is 6.10 Å². The normalized spacial score (nSPS) is 11.8. The van der Waals surface area contributed by atoms with Gasteiger partial charge in [0.05, 0.1) is 11.1 Å². The second-order valence-corrected chi connectivity index (χ2v) is 6.36. The quantitative estimate of drug-likeness (QED) is 0.710. The summed E-state index contributed by atoms with van der Waals surface area (Å²) in [4.78, 5) is 12.2. The van der Waals surface area contributed by atoms with Crippen LogP contribution in [0.25, 0.3) is 0 Å². The van der Waals surface area contributed by atoms with E-state index in [1.807, 2.05) is 31.2 Å². The maximum Gasteiger partial charge on any atom is 0.261 e. The minimum absolute atomic E-state index is 0.241. The third-order valence-electron chi connectivity index (χ3n) is 3.53. The van der Waals surface area contributed by atoms with E-state index in [4.69, 9.17) is 9.47 Å². The van der Waals surface area contributed by atoms with Gasteiger partial charge in [-0.25, -0.2) is 4.39 Å². The average molecular weight is 410 g/mol. The molecule has 0 aliphatic heterocycles. The Labute approximate surface area is 155 Å². The first-order chi connectivity index (χ1) is 12.0. The van der Waals surface area contributed by atoms with Gasteiger partial charge in [0.15, 0.2) is 6.10 Å². The van der Waals surface area contributed by atoms with Crippen LogP contribution < -0.4 is 10.1 Å². The van der Waals surface area contributed by atoms with Crippen molar-refractivity contribution in [3.8, 4) is 5.75 Å². The molecule has 2 aromatic rings. The number of amides is 1. The van der Waals surface area contributed by atoms with Gasteiger partial charge >= 0.3 is 0 Å². The van der Waals surface area contributed by atoms with Crippen LogP contribution in [0.3, 0.4) is 0 Å². The second-order valence-electron chi connectivity index (χ2n) is 5.51. The molecule has 25 heavy (non-hydrogen) atoms. The van der Waals surface area contributed by atoms with Gasteiger partial charge < -0.3 is 14.8 Å². The minimum atomic E-state index is -0.695. The number of rotatable bonds is 8. The monoisotopic (exact) mass is 409 g/mol. The van der Waals surface area contributed by atoms with Crippen LogP contribution in [-0.2, 0) is 22.7 Å². The van der Waals surface area contributed by atoms with Crippen molar-refractivity contribution in [2.75, 3.05) is 6.61 Å². The topological polar surface area (TPSA) is 47.6 Å². The first kappa shape index (κ1) is 19.4. The molecule has 0 spiro atoms. The summed E-state index contributed by atoms with van der Waals surface area (Å²) in [6.45, 7) is 5.28. The molecular weight excluding hydrogens is 389 g/mol. The van der Waals surface area contributed by atoms with E-state index in [2.05, 4.69) is 21.2 Å². The van der Waals surface area contributed by atoms with Gasteiger partial charge in [-0.3, -0.25) is 4.79 Å². The first-order valence-electron chi connectivity index (χ1n) is 8.04. The lowest BCUT2D eigenvalue weighted by Gasteiger charge is -2.16. The third-order valence-corrected chi connectivity index (χ3v) is 4.15. The fraction of sp³-hybridized carbons (Fsp3) is 0.316. The number of hydrogen-bond donors (Lipinski definition) is 1. The summed E-state index contributed by atoms with van der Waals surface area (Å²) in [5.41, 5.74) is 2.08. The zero-order valence-corrected chi connectivity index (χ0v) is 15.8. The highest BCUT2D eigenvalue weighted by Gasteiger charge is 2.16. The fourth-order valence-electron chi connectivity index (χ4n) is 2.12. The van der Waals surface area contributed by atoms with Crippen molar-refractivity contribution in [3.05, 3.63) is 63.9 Å². The Balaban J connectivity index is 1.84. The van der Waals surface area contributed by atoms with Crippen LogP contribution >= 0.6 is 15.9 Å². The molecule has 6 heteroatoms. The van der Waals surface area contributed by atoms with E-state index in [9.17, 15) is 9.18 Å². The lowest BCUT2D eigenvalue weighted by Crippen LogP contribution is -2.35. The maximum atomic E-state index is 13.1. The van der Waals surface area contributed by atoms with Gasteiger partial charge in [0, 0.05) is 13.2 Å². The zero-order chi connectivity index (χ0) is 18.2. The van der Waals surface area contributed by atoms with E-state index in [0.717, 1.165) is 11.1 Å². The van der Waals surface area contributed by atoms with Crippen LogP contribution in [0.2, 0.25) is 0 Å². The summed E-state index contributed by atoms with van der Waals surface area (Å²) >= 11 is 3.22. The van der Waals surface area contributed by atoms with Gasteiger partial charge in [0.2, 0.25) is 0 Å². The van der Waals surface area contributed by atoms with E-state index in [0.29, 0.717) is 30.0 Å². The molecule has 134 valence electrons. The van der Waals surface area contributed by atoms with Crippen LogP contribution in [-0.4, -0.2) is 18.6 Å². The van der Waals surface area contributed by atoms with Crippen molar-refractivity contribution < 1.29 is 18.7 Å². The van der Waals surface area contributed by atoms with Crippen molar-refractivity contribution in [1.29, 1.82) is 0 Å². The molecule has 2 aromatic carbocycles. The highest BCUT2D eigenvalue weighted by molar-refractivity contribution is 9.10. The molecule has 1 N–H and O–H groups in total. The third kappa shape index (κ3) is 6.14. The van der Waals surface area contributed by atoms with Crippen molar-refractivity contribution in [2.24, 2.45) is 0 Å². The maximum absolute atomic E-state index is 13.1. The lowest BCUT2D eigenvalue weighted by atomic mass is 10.1. The summed E-state index contributed by atoms with van der Waals surface area (Å²) in [7, 11) is 0. The lowest BCUT2D eigenvalue weighted by molar-refractivity contribution is -0.127. The molecule has 1 amide bonds. The number of benzene rings is 2. The minimum Gasteiger partial charge on any atom is -0.480 e. The van der Waals surface area contributed by atoms with Crippen molar-refractivity contribution in [1.82, 2.24) is 5.32 Å². The summed E-state index contributed by atoms with van der Waals surface area (Å²) in [6, 6.07) is 11.9. The van der Waals surface area contributed by atoms with Crippen LogP contribution in [0.5, 0.6) is 5.75 Å². The predicted octanol–water partition coefficient (Wildman–Crippen LogP) is 4.21. The Kier molecular flexibility index (Phi) is 7.40. The zero-order valence-electron chi connectivity index (χ0n) is 14.2. The number of carbonyl (C=O) groups excluding carboxylic acids is 1. The highest BCUT2D eigenvalue weighted by Crippen LogP contribution is 2.26. The Morgan fingerprint density at radius 2 is 1.88 bits per heavy atom. The number of halogens is 2. The van der Waals surface area contributed by atoms with Gasteiger partial charge in [0.25, 0.3) is 5.91 Å². The standard InChI is InChI=1S/C19H21BrFNO3/c1-3-24-12-15-6-4-14(5-7-15)11-22-19(23)13(2)25-18-9-8-16(21)10-17(18)20/h4-10,13H,3,11-12H2,1-2H3,(H,22,23)/t13-/m0/s1. The molecule has 4 nitrogen and oxygen atoms in total. The van der Waals surface area contributed by atoms with Crippen LogP contribution in [0.15, 0.2) is 46.9 Å². The van der Waals surface area contributed by atoms with Crippen LogP contribution in [0, 0.1) is 5.82 Å². The molecule has 0 radical (unpaired) electrons. The molecule has 1 atom stereocenters. The average Bonchev–Trinajstić information content (AvgIpc) is 2.61. The molecule has 0 aromatic heterocycles. The molecule has 0 saturated heterocycles. The van der Waals surface area contributed by atoms with E-state index in [-0.39, 0.29) is 11.7 Å². The van der Waals surface area contributed by atoms with E-state index in [1.54, 1.807) is 6.92 Å².